The molecule has 0 N–H and O–H groups in total. The first-order chi connectivity index (χ1) is 16.2. The number of aryl methyl sites for hydroxylation is 4. The van der Waals surface area contributed by atoms with E-state index in [-0.39, 0.29) is 0 Å². The minimum atomic E-state index is 0.303. The zero-order valence-corrected chi connectivity index (χ0v) is 20.5. The van der Waals surface area contributed by atoms with E-state index in [1.807, 2.05) is 4.90 Å². The van der Waals surface area contributed by atoms with Crippen molar-refractivity contribution in [1.82, 2.24) is 14.9 Å². The molecule has 2 aromatic heterocycles. The summed E-state index contributed by atoms with van der Waals surface area (Å²) in [5, 5.41) is 1.15. The quantitative estimate of drug-likeness (QED) is 0.453. The number of unbranched alkanes of at least 4 members (excludes halogenated alkanes) is 1. The number of fused-ring (bicyclic) bond motifs is 2. The van der Waals surface area contributed by atoms with E-state index >= 15 is 0 Å². The second kappa shape index (κ2) is 10.2. The summed E-state index contributed by atoms with van der Waals surface area (Å²) in [6.07, 6.45) is 11.6. The number of carbonyl (C=O) groups excluding carboxylic acids is 1. The van der Waals surface area contributed by atoms with Crippen molar-refractivity contribution in [2.24, 2.45) is 0 Å². The molecule has 0 unspecified atom stereocenters. The molecule has 5 nitrogen and oxygen atoms in total. The van der Waals surface area contributed by atoms with Crippen LogP contribution in [0.5, 0.6) is 0 Å². The zero-order chi connectivity index (χ0) is 22.6. The number of piperazine rings is 1. The highest BCUT2D eigenvalue weighted by Gasteiger charge is 2.23. The summed E-state index contributed by atoms with van der Waals surface area (Å²) in [5.41, 5.74) is 4.54. The first-order valence-electron chi connectivity index (χ1n) is 12.6. The molecule has 174 valence electrons. The Morgan fingerprint density at radius 3 is 2.64 bits per heavy atom. The van der Waals surface area contributed by atoms with Gasteiger partial charge in [-0.2, -0.15) is 0 Å². The molecule has 0 saturated carbocycles. The lowest BCUT2D eigenvalue weighted by molar-refractivity contribution is -0.131. The lowest BCUT2D eigenvalue weighted by atomic mass is 9.89. The highest BCUT2D eigenvalue weighted by atomic mass is 32.1. The van der Waals surface area contributed by atoms with Gasteiger partial charge in [0.05, 0.1) is 5.39 Å². The molecule has 1 amide bonds. The number of rotatable bonds is 7. The smallest absolute Gasteiger partial charge is 0.222 e. The lowest BCUT2D eigenvalue weighted by Gasteiger charge is -2.35. The van der Waals surface area contributed by atoms with E-state index in [1.54, 1.807) is 28.8 Å². The van der Waals surface area contributed by atoms with Crippen molar-refractivity contribution in [2.45, 2.75) is 64.7 Å². The normalized spacial score (nSPS) is 16.3. The minimum Gasteiger partial charge on any atom is -0.352 e. The molecule has 1 saturated heterocycles. The number of amides is 1. The number of carbonyl (C=O) groups is 1. The molecule has 1 aliphatic carbocycles. The molecule has 1 aliphatic heterocycles. The van der Waals surface area contributed by atoms with Gasteiger partial charge in [-0.3, -0.25) is 4.79 Å². The number of aromatic nitrogens is 2. The molecule has 2 aliphatic rings. The van der Waals surface area contributed by atoms with Gasteiger partial charge in [-0.25, -0.2) is 9.97 Å². The predicted molar refractivity (Wildman–Crippen MR) is 136 cm³/mol. The van der Waals surface area contributed by atoms with Gasteiger partial charge in [-0.15, -0.1) is 11.3 Å². The maximum atomic E-state index is 12.8. The Morgan fingerprint density at radius 2 is 1.82 bits per heavy atom. The summed E-state index contributed by atoms with van der Waals surface area (Å²) in [6.45, 7) is 5.41. The minimum absolute atomic E-state index is 0.303. The van der Waals surface area contributed by atoms with E-state index in [0.717, 1.165) is 67.9 Å². The lowest BCUT2D eigenvalue weighted by Crippen LogP contribution is -2.49. The summed E-state index contributed by atoms with van der Waals surface area (Å²) >= 11 is 1.75. The van der Waals surface area contributed by atoms with Crippen LogP contribution in [0.15, 0.2) is 30.6 Å². The molecule has 1 aromatic carbocycles. The Balaban J connectivity index is 1.09. The average molecular weight is 463 g/mol. The molecule has 1 fully saturated rings. The number of benzene rings is 1. The molecule has 3 heterocycles. The third kappa shape index (κ3) is 5.06. The van der Waals surface area contributed by atoms with Crippen LogP contribution in [0.3, 0.4) is 0 Å². The molecule has 33 heavy (non-hydrogen) atoms. The van der Waals surface area contributed by atoms with Crippen LogP contribution in [0.2, 0.25) is 0 Å². The van der Waals surface area contributed by atoms with E-state index in [0.29, 0.717) is 12.3 Å². The van der Waals surface area contributed by atoms with Gasteiger partial charge in [0, 0.05) is 37.5 Å². The summed E-state index contributed by atoms with van der Waals surface area (Å²) in [5.74, 6) is 1.32. The van der Waals surface area contributed by atoms with Crippen LogP contribution >= 0.6 is 11.3 Å². The van der Waals surface area contributed by atoms with Crippen molar-refractivity contribution in [3.05, 3.63) is 52.2 Å². The van der Waals surface area contributed by atoms with Gasteiger partial charge in [0.2, 0.25) is 5.91 Å². The standard InChI is InChI=1S/C27H34N4OS/c1-2-23-18-24-26(28-19-29-27(24)33-23)31-15-13-30(14-16-31)25(32)10-6-3-7-20-11-12-21-8-4-5-9-22(21)17-20/h11-12,17-19H,2-10,13-16H2,1H3. The summed E-state index contributed by atoms with van der Waals surface area (Å²) in [6, 6.07) is 9.28. The SMILES string of the molecule is CCc1cc2c(N3CCN(C(=O)CCCCc4ccc5c(c4)CCCC5)CC3)ncnc2s1. The highest BCUT2D eigenvalue weighted by Crippen LogP contribution is 2.31. The number of thiophene rings is 1. The molecular formula is C27H34N4OS. The van der Waals surface area contributed by atoms with Crippen LogP contribution < -0.4 is 4.90 Å². The Kier molecular flexibility index (Phi) is 6.91. The zero-order valence-electron chi connectivity index (χ0n) is 19.7. The molecule has 0 spiro atoms. The van der Waals surface area contributed by atoms with E-state index in [1.165, 1.54) is 36.1 Å². The monoisotopic (exact) mass is 462 g/mol. The van der Waals surface area contributed by atoms with Crippen LogP contribution in [0.4, 0.5) is 5.82 Å². The maximum Gasteiger partial charge on any atom is 0.222 e. The van der Waals surface area contributed by atoms with Gasteiger partial charge in [0.1, 0.15) is 17.0 Å². The first kappa shape index (κ1) is 22.3. The van der Waals surface area contributed by atoms with E-state index in [4.69, 9.17) is 0 Å². The fourth-order valence-corrected chi connectivity index (χ4v) is 6.12. The highest BCUT2D eigenvalue weighted by molar-refractivity contribution is 7.18. The fourth-order valence-electron chi connectivity index (χ4n) is 5.19. The van der Waals surface area contributed by atoms with E-state index in [9.17, 15) is 4.79 Å². The van der Waals surface area contributed by atoms with Crippen LogP contribution in [0.25, 0.3) is 10.2 Å². The van der Waals surface area contributed by atoms with Crippen molar-refractivity contribution < 1.29 is 4.79 Å². The third-order valence-corrected chi connectivity index (χ3v) is 8.35. The largest absolute Gasteiger partial charge is 0.352 e. The predicted octanol–water partition coefficient (Wildman–Crippen LogP) is 5.19. The van der Waals surface area contributed by atoms with Crippen molar-refractivity contribution >= 4 is 33.3 Å². The average Bonchev–Trinajstić information content (AvgIpc) is 3.30. The molecule has 0 radical (unpaired) electrons. The third-order valence-electron chi connectivity index (χ3n) is 7.16. The second-order valence-electron chi connectivity index (χ2n) is 9.37. The van der Waals surface area contributed by atoms with Gasteiger partial charge in [-0.05, 0) is 74.1 Å². The number of hydrogen-bond donors (Lipinski definition) is 0. The molecule has 5 rings (SSSR count). The van der Waals surface area contributed by atoms with Crippen molar-refractivity contribution in [2.75, 3.05) is 31.1 Å². The number of nitrogens with zero attached hydrogens (tertiary/aromatic N) is 4. The summed E-state index contributed by atoms with van der Waals surface area (Å²) < 4.78 is 0. The Labute approximate surface area is 200 Å². The van der Waals surface area contributed by atoms with Gasteiger partial charge in [0.25, 0.3) is 0 Å². The van der Waals surface area contributed by atoms with E-state index < -0.39 is 0 Å². The van der Waals surface area contributed by atoms with E-state index in [2.05, 4.69) is 46.1 Å². The van der Waals surface area contributed by atoms with Gasteiger partial charge < -0.3 is 9.80 Å². The van der Waals surface area contributed by atoms with Crippen LogP contribution in [0, 0.1) is 0 Å². The van der Waals surface area contributed by atoms with Crippen LogP contribution in [0.1, 0.15) is 60.6 Å². The van der Waals surface area contributed by atoms with Crippen LogP contribution in [-0.4, -0.2) is 47.0 Å². The van der Waals surface area contributed by atoms with Crippen molar-refractivity contribution in [3.8, 4) is 0 Å². The second-order valence-corrected chi connectivity index (χ2v) is 10.5. The fraction of sp³-hybridized carbons (Fsp3) is 0.519. The maximum absolute atomic E-state index is 12.8. The number of anilines is 1. The molecule has 6 heteroatoms. The van der Waals surface area contributed by atoms with Gasteiger partial charge in [-0.1, -0.05) is 25.1 Å². The van der Waals surface area contributed by atoms with Crippen LogP contribution in [-0.2, 0) is 30.5 Å². The first-order valence-corrected chi connectivity index (χ1v) is 13.4. The summed E-state index contributed by atoms with van der Waals surface area (Å²) in [7, 11) is 0. The molecule has 0 atom stereocenters. The number of hydrogen-bond acceptors (Lipinski definition) is 5. The topological polar surface area (TPSA) is 49.3 Å². The molecule has 3 aromatic rings. The Morgan fingerprint density at radius 1 is 1.00 bits per heavy atom. The molecular weight excluding hydrogens is 428 g/mol. The Bertz CT molecular complexity index is 1120. The Hall–Kier alpha value is -2.47. The molecule has 0 bridgehead atoms. The van der Waals surface area contributed by atoms with Crippen molar-refractivity contribution in [3.63, 3.8) is 0 Å². The van der Waals surface area contributed by atoms with Crippen molar-refractivity contribution in [1.29, 1.82) is 0 Å². The van der Waals surface area contributed by atoms with Gasteiger partial charge in [0.15, 0.2) is 0 Å². The van der Waals surface area contributed by atoms with Gasteiger partial charge >= 0.3 is 0 Å². The summed E-state index contributed by atoms with van der Waals surface area (Å²) in [4.78, 5) is 28.6.